The van der Waals surface area contributed by atoms with Gasteiger partial charge in [-0.15, -0.1) is 0 Å². The fourth-order valence-corrected chi connectivity index (χ4v) is 4.06. The average molecular weight is 538 g/mol. The lowest BCUT2D eigenvalue weighted by Gasteiger charge is -2.11. The topological polar surface area (TPSA) is 93.8 Å². The highest BCUT2D eigenvalue weighted by Gasteiger charge is 2.33. The molecule has 1 N–H and O–H groups in total. The number of nitro benzene ring substituents is 1. The minimum Gasteiger partial charge on any atom is -0.449 e. The molecule has 4 rings (SSSR count). The van der Waals surface area contributed by atoms with Gasteiger partial charge in [0.15, 0.2) is 5.17 Å². The van der Waals surface area contributed by atoms with Crippen LogP contribution in [0.15, 0.2) is 70.6 Å². The molecule has 0 saturated carbocycles. The van der Waals surface area contributed by atoms with E-state index in [2.05, 4.69) is 10.3 Å². The van der Waals surface area contributed by atoms with E-state index in [1.165, 1.54) is 48.5 Å². The number of nitrogens with one attached hydrogen (secondary N) is 1. The van der Waals surface area contributed by atoms with Crippen molar-refractivity contribution in [3.63, 3.8) is 0 Å². The van der Waals surface area contributed by atoms with E-state index in [9.17, 15) is 32.5 Å². The molecule has 0 atom stereocenters. The second-order valence-electron chi connectivity index (χ2n) is 7.19. The van der Waals surface area contributed by atoms with Crippen molar-refractivity contribution < 1.29 is 32.0 Å². The van der Waals surface area contributed by atoms with Crippen molar-refractivity contribution in [3.8, 4) is 11.5 Å². The molecule has 1 aliphatic heterocycles. The van der Waals surface area contributed by atoms with Crippen molar-refractivity contribution in [2.24, 2.45) is 4.99 Å². The van der Waals surface area contributed by atoms with E-state index < -0.39 is 39.8 Å². The van der Waals surface area contributed by atoms with Crippen LogP contribution in [0.5, 0.6) is 11.5 Å². The number of amidine groups is 1. The summed E-state index contributed by atoms with van der Waals surface area (Å²) in [6.45, 7) is 0. The number of hydrogen-bond acceptors (Lipinski definition) is 6. The number of rotatable bonds is 5. The molecule has 1 saturated heterocycles. The molecule has 1 heterocycles. The molecule has 3 aromatic rings. The van der Waals surface area contributed by atoms with Crippen LogP contribution in [-0.4, -0.2) is 16.0 Å². The summed E-state index contributed by atoms with van der Waals surface area (Å²) in [7, 11) is 0. The minimum atomic E-state index is -4.76. The number of nitro groups is 1. The summed E-state index contributed by atoms with van der Waals surface area (Å²) >= 11 is 7.27. The Morgan fingerprint density at radius 1 is 1.06 bits per heavy atom. The third-order valence-electron chi connectivity index (χ3n) is 4.66. The molecule has 1 fully saturated rings. The van der Waals surface area contributed by atoms with Gasteiger partial charge in [0, 0.05) is 6.07 Å². The summed E-state index contributed by atoms with van der Waals surface area (Å²) in [5.41, 5.74) is -1.14. The molecule has 0 bridgehead atoms. The van der Waals surface area contributed by atoms with Gasteiger partial charge in [0.25, 0.3) is 5.91 Å². The van der Waals surface area contributed by atoms with Gasteiger partial charge in [-0.05, 0) is 71.9 Å². The van der Waals surface area contributed by atoms with Gasteiger partial charge in [0.05, 0.1) is 26.1 Å². The van der Waals surface area contributed by atoms with Gasteiger partial charge < -0.3 is 10.1 Å². The van der Waals surface area contributed by atoms with Gasteiger partial charge >= 0.3 is 11.9 Å². The summed E-state index contributed by atoms with van der Waals surface area (Å²) in [6.07, 6.45) is -3.24. The Kier molecular flexibility index (Phi) is 7.00. The summed E-state index contributed by atoms with van der Waals surface area (Å²) < 4.78 is 57.2. The first-order chi connectivity index (χ1) is 17.0. The number of carbonyl (C=O) groups is 1. The SMILES string of the molecule is O=C1NC(=Nc2ccc(F)cc2)S/C1=C\c1ccc(Oc2ccc(C(F)(F)F)cc2[N+](=O)[O-])c(Cl)c1. The molecule has 0 aromatic heterocycles. The summed E-state index contributed by atoms with van der Waals surface area (Å²) in [5.74, 6) is -1.30. The molecule has 3 aromatic carbocycles. The van der Waals surface area contributed by atoms with Crippen LogP contribution in [-0.2, 0) is 11.0 Å². The maximum absolute atomic E-state index is 13.0. The number of aliphatic imine (C=N–C) groups is 1. The van der Waals surface area contributed by atoms with Crippen molar-refractivity contribution >= 4 is 51.9 Å². The van der Waals surface area contributed by atoms with Gasteiger partial charge in [-0.2, -0.15) is 13.2 Å². The molecule has 1 amide bonds. The zero-order valence-corrected chi connectivity index (χ0v) is 19.2. The Hall–Kier alpha value is -3.90. The highest BCUT2D eigenvalue weighted by molar-refractivity contribution is 8.18. The van der Waals surface area contributed by atoms with E-state index in [0.717, 1.165) is 17.8 Å². The largest absolute Gasteiger partial charge is 0.449 e. The molecule has 7 nitrogen and oxygen atoms in total. The first-order valence-corrected chi connectivity index (χ1v) is 11.1. The molecule has 0 unspecified atom stereocenters. The Morgan fingerprint density at radius 2 is 1.75 bits per heavy atom. The smallest absolute Gasteiger partial charge is 0.416 e. The van der Waals surface area contributed by atoms with Crippen LogP contribution in [0.1, 0.15) is 11.1 Å². The van der Waals surface area contributed by atoms with Gasteiger partial charge in [0.2, 0.25) is 5.75 Å². The maximum atomic E-state index is 13.0. The average Bonchev–Trinajstić information content (AvgIpc) is 3.15. The second-order valence-corrected chi connectivity index (χ2v) is 8.63. The lowest BCUT2D eigenvalue weighted by Crippen LogP contribution is -2.19. The van der Waals surface area contributed by atoms with E-state index in [-0.39, 0.29) is 10.8 Å². The Labute approximate surface area is 209 Å². The fourth-order valence-electron chi connectivity index (χ4n) is 3.00. The number of ether oxygens (including phenoxy) is 1. The van der Waals surface area contributed by atoms with E-state index >= 15 is 0 Å². The lowest BCUT2D eigenvalue weighted by atomic mass is 10.1. The summed E-state index contributed by atoms with van der Waals surface area (Å²) in [4.78, 5) is 27.1. The van der Waals surface area contributed by atoms with Crippen LogP contribution in [0.2, 0.25) is 5.02 Å². The maximum Gasteiger partial charge on any atom is 0.416 e. The third kappa shape index (κ3) is 5.83. The second kappa shape index (κ2) is 9.99. The van der Waals surface area contributed by atoms with Crippen molar-refractivity contribution in [1.82, 2.24) is 5.32 Å². The monoisotopic (exact) mass is 537 g/mol. The Bertz CT molecular complexity index is 1430. The molecule has 36 heavy (non-hydrogen) atoms. The first kappa shape index (κ1) is 25.2. The third-order valence-corrected chi connectivity index (χ3v) is 5.87. The number of nitrogens with zero attached hydrogens (tertiary/aromatic N) is 2. The zero-order chi connectivity index (χ0) is 26.0. The first-order valence-electron chi connectivity index (χ1n) is 9.88. The number of amides is 1. The quantitative estimate of drug-likeness (QED) is 0.162. The predicted molar refractivity (Wildman–Crippen MR) is 127 cm³/mol. The summed E-state index contributed by atoms with van der Waals surface area (Å²) in [6, 6.07) is 11.6. The van der Waals surface area contributed by atoms with E-state index in [4.69, 9.17) is 16.3 Å². The molecule has 0 spiro atoms. The van der Waals surface area contributed by atoms with Crippen LogP contribution in [0.3, 0.4) is 0 Å². The Balaban J connectivity index is 1.54. The van der Waals surface area contributed by atoms with Crippen LogP contribution in [0, 0.1) is 15.9 Å². The molecule has 0 aliphatic carbocycles. The highest BCUT2D eigenvalue weighted by Crippen LogP contribution is 2.40. The van der Waals surface area contributed by atoms with Crippen molar-refractivity contribution in [1.29, 1.82) is 0 Å². The molecule has 184 valence electrons. The van der Waals surface area contributed by atoms with Crippen molar-refractivity contribution in [2.45, 2.75) is 6.18 Å². The zero-order valence-electron chi connectivity index (χ0n) is 17.7. The number of thioether (sulfide) groups is 1. The number of benzene rings is 3. The molecular weight excluding hydrogens is 526 g/mol. The van der Waals surface area contributed by atoms with E-state index in [0.29, 0.717) is 33.5 Å². The number of halogens is 5. The van der Waals surface area contributed by atoms with Crippen LogP contribution in [0.4, 0.5) is 28.9 Å². The van der Waals surface area contributed by atoms with Crippen LogP contribution < -0.4 is 10.1 Å². The minimum absolute atomic E-state index is 0.00199. The molecule has 0 radical (unpaired) electrons. The molecule has 13 heteroatoms. The molecule has 1 aliphatic rings. The van der Waals surface area contributed by atoms with E-state index in [1.807, 2.05) is 0 Å². The van der Waals surface area contributed by atoms with Crippen LogP contribution in [0.25, 0.3) is 6.08 Å². The number of hydrogen-bond donors (Lipinski definition) is 1. The molecular formula is C23H12ClF4N3O4S. The summed E-state index contributed by atoms with van der Waals surface area (Å²) in [5, 5.41) is 14.1. The van der Waals surface area contributed by atoms with Gasteiger partial charge in [-0.3, -0.25) is 14.9 Å². The lowest BCUT2D eigenvalue weighted by molar-refractivity contribution is -0.385. The number of alkyl halides is 3. The van der Waals surface area contributed by atoms with Crippen molar-refractivity contribution in [2.75, 3.05) is 0 Å². The predicted octanol–water partition coefficient (Wildman–Crippen LogP) is 7.09. The standard InChI is InChI=1S/C23H12ClF4N3O4S/c24-16-9-12(10-20-21(32)30-22(36-20)29-15-5-3-14(25)4-6-15)1-7-18(16)35-19-8-2-13(23(26,27)28)11-17(19)31(33)34/h1-11H,(H,29,30,32)/b20-10-. The van der Waals surface area contributed by atoms with Gasteiger partial charge in [-0.25, -0.2) is 9.38 Å². The van der Waals surface area contributed by atoms with Crippen LogP contribution >= 0.6 is 23.4 Å². The fraction of sp³-hybridized carbons (Fsp3) is 0.0435. The normalized spacial score (nSPS) is 15.9. The highest BCUT2D eigenvalue weighted by atomic mass is 35.5. The van der Waals surface area contributed by atoms with Crippen molar-refractivity contribution in [3.05, 3.63) is 97.6 Å². The number of carbonyl (C=O) groups excluding carboxylic acids is 1. The van der Waals surface area contributed by atoms with Gasteiger partial charge in [0.1, 0.15) is 11.6 Å². The van der Waals surface area contributed by atoms with Gasteiger partial charge in [-0.1, -0.05) is 17.7 Å². The van der Waals surface area contributed by atoms with E-state index in [1.54, 1.807) is 0 Å². The Morgan fingerprint density at radius 3 is 2.39 bits per heavy atom.